The third-order valence-electron chi connectivity index (χ3n) is 10.9. The molecule has 0 aliphatic carbocycles. The van der Waals surface area contributed by atoms with Gasteiger partial charge in [-0.15, -0.1) is 0 Å². The van der Waals surface area contributed by atoms with Crippen molar-refractivity contribution in [2.75, 3.05) is 26.4 Å². The van der Waals surface area contributed by atoms with Gasteiger partial charge in [-0.25, -0.2) is 0 Å². The molecule has 56 heavy (non-hydrogen) atoms. The van der Waals surface area contributed by atoms with Gasteiger partial charge in [0.25, 0.3) is 0 Å². The number of hydrogen-bond acceptors (Lipinski definition) is 8. The first-order valence-corrected chi connectivity index (χ1v) is 23.1. The van der Waals surface area contributed by atoms with Gasteiger partial charge in [-0.05, 0) is 41.8 Å². The Morgan fingerprint density at radius 3 is 1.61 bits per heavy atom. The summed E-state index contributed by atoms with van der Waals surface area (Å²) in [5.41, 5.74) is 2.13. The molecule has 0 amide bonds. The molecule has 0 unspecified atom stereocenters. The van der Waals surface area contributed by atoms with Crippen LogP contribution >= 0.6 is 0 Å². The molecule has 0 spiro atoms. The second-order valence-electron chi connectivity index (χ2n) is 17.4. The number of unbranched alkanes of at least 4 members (excludes halogenated alkanes) is 8. The minimum Gasteiger partial charge on any atom is -0.494 e. The Labute approximate surface area is 339 Å². The lowest BCUT2D eigenvalue weighted by atomic mass is 9.98. The molecule has 9 heteroatoms. The van der Waals surface area contributed by atoms with Gasteiger partial charge < -0.3 is 37.3 Å². The van der Waals surface area contributed by atoms with E-state index in [4.69, 9.17) is 37.3 Å². The first kappa shape index (κ1) is 44.3. The Balaban J connectivity index is 1.21. The van der Waals surface area contributed by atoms with E-state index >= 15 is 0 Å². The Hall–Kier alpha value is -2.76. The van der Waals surface area contributed by atoms with Crippen LogP contribution in [0, 0.1) is 0 Å². The van der Waals surface area contributed by atoms with Crippen molar-refractivity contribution in [2.45, 2.75) is 160 Å². The number of rotatable bonds is 22. The maximum Gasteiger partial charge on any atom is 0.349 e. The van der Waals surface area contributed by atoms with E-state index in [-0.39, 0.29) is 10.1 Å². The average molecular weight is 791 g/mol. The quantitative estimate of drug-likeness (QED) is 0.0736. The Morgan fingerprint density at radius 1 is 0.571 bits per heavy atom. The van der Waals surface area contributed by atoms with E-state index in [9.17, 15) is 0 Å². The lowest BCUT2D eigenvalue weighted by molar-refractivity contribution is -0.326. The minimum atomic E-state index is -2.86. The predicted molar refractivity (Wildman–Crippen MR) is 225 cm³/mol. The lowest BCUT2D eigenvalue weighted by Gasteiger charge is -2.58. The minimum absolute atomic E-state index is 0.206. The van der Waals surface area contributed by atoms with Crippen molar-refractivity contribution >= 4 is 8.56 Å². The molecule has 3 aromatic carbocycles. The summed E-state index contributed by atoms with van der Waals surface area (Å²) in [4.78, 5) is 0. The number of fused-ring (bicyclic) bond motifs is 1. The molecule has 0 bridgehead atoms. The first-order chi connectivity index (χ1) is 27.0. The van der Waals surface area contributed by atoms with E-state index in [0.717, 1.165) is 35.7 Å². The van der Waals surface area contributed by atoms with Crippen molar-refractivity contribution in [1.82, 2.24) is 0 Å². The summed E-state index contributed by atoms with van der Waals surface area (Å²) >= 11 is 0. The van der Waals surface area contributed by atoms with E-state index in [1.807, 2.05) is 60.7 Å². The van der Waals surface area contributed by atoms with Crippen molar-refractivity contribution in [2.24, 2.45) is 0 Å². The molecule has 0 radical (unpaired) electrons. The summed E-state index contributed by atoms with van der Waals surface area (Å²) in [6, 6.07) is 28.2. The highest BCUT2D eigenvalue weighted by Gasteiger charge is 2.65. The molecule has 8 nitrogen and oxygen atoms in total. The second-order valence-corrected chi connectivity index (χ2v) is 22.2. The summed E-state index contributed by atoms with van der Waals surface area (Å²) in [6.07, 6.45) is 9.10. The predicted octanol–water partition coefficient (Wildman–Crippen LogP) is 11.3. The molecule has 2 saturated heterocycles. The third kappa shape index (κ3) is 12.6. The summed E-state index contributed by atoms with van der Waals surface area (Å²) < 4.78 is 53.1. The molecule has 3 aromatic rings. The molecular weight excluding hydrogens is 721 g/mol. The standard InChI is InChI=1S/C47H70O8Si/c1-8-9-10-11-12-13-14-15-22-31-48-39-27-29-40(30-28-39)49-32-33-50-45-44(52-35-38-25-20-17-21-26-38)43(51-34-37-23-18-16-19-24-37)42-41(54-45)36-53-56(55-42,46(2,3)4)47(5,6)7/h16-21,23-30,41-45H,8-15,22,31-36H2,1-7H3/t41-,42+,43+,44-,45-/m1/s1. The normalized spacial score (nSPS) is 22.4. The monoisotopic (exact) mass is 790 g/mol. The fourth-order valence-electron chi connectivity index (χ4n) is 8.08. The third-order valence-corrected chi connectivity index (χ3v) is 16.0. The highest BCUT2D eigenvalue weighted by molar-refractivity contribution is 6.73. The molecule has 2 heterocycles. The van der Waals surface area contributed by atoms with Crippen molar-refractivity contribution < 1.29 is 37.3 Å². The van der Waals surface area contributed by atoms with Crippen LogP contribution < -0.4 is 9.47 Å². The maximum atomic E-state index is 7.29. The fraction of sp³-hybridized carbons (Fsp3) is 0.617. The van der Waals surface area contributed by atoms with Crippen molar-refractivity contribution in [3.05, 3.63) is 96.1 Å². The molecular formula is C47H70O8Si. The number of benzene rings is 3. The SMILES string of the molecule is CCCCCCCCCCCOc1ccc(OCCO[C@@H]2O[C@@H]3CO[Si](C(C)(C)C)(C(C)(C)C)O[C@@H]3[C@H](OCc3ccccc3)[C@H]2OCc2ccccc2)cc1. The van der Waals surface area contributed by atoms with Gasteiger partial charge in [-0.2, -0.15) is 0 Å². The highest BCUT2D eigenvalue weighted by atomic mass is 28.4. The van der Waals surface area contributed by atoms with Crippen molar-refractivity contribution in [1.29, 1.82) is 0 Å². The van der Waals surface area contributed by atoms with Crippen molar-refractivity contribution in [3.8, 4) is 11.5 Å². The fourth-order valence-corrected chi connectivity index (χ4v) is 13.0. The molecule has 2 fully saturated rings. The van der Waals surface area contributed by atoms with Gasteiger partial charge in [0.15, 0.2) is 6.29 Å². The van der Waals surface area contributed by atoms with Crippen LogP contribution in [0.4, 0.5) is 0 Å². The molecule has 5 atom stereocenters. The molecule has 5 rings (SSSR count). The highest BCUT2D eigenvalue weighted by Crippen LogP contribution is 2.55. The molecule has 0 saturated carbocycles. The van der Waals surface area contributed by atoms with Crippen LogP contribution in [-0.2, 0) is 41.0 Å². The van der Waals surface area contributed by atoms with Crippen LogP contribution in [0.5, 0.6) is 11.5 Å². The van der Waals surface area contributed by atoms with Gasteiger partial charge in [-0.1, -0.05) is 160 Å². The van der Waals surface area contributed by atoms with Crippen LogP contribution in [0.25, 0.3) is 0 Å². The number of hydrogen-bond donors (Lipinski definition) is 0. The lowest BCUT2D eigenvalue weighted by Crippen LogP contribution is -2.72. The van der Waals surface area contributed by atoms with Gasteiger partial charge >= 0.3 is 8.56 Å². The maximum absolute atomic E-state index is 7.29. The summed E-state index contributed by atoms with van der Waals surface area (Å²) in [5.74, 6) is 1.62. The van der Waals surface area contributed by atoms with Crippen LogP contribution in [0.2, 0.25) is 10.1 Å². The van der Waals surface area contributed by atoms with Gasteiger partial charge in [0.2, 0.25) is 0 Å². The van der Waals surface area contributed by atoms with Crippen LogP contribution in [0.1, 0.15) is 117 Å². The molecule has 0 aromatic heterocycles. The molecule has 0 N–H and O–H groups in total. The second kappa shape index (κ2) is 21.8. The zero-order valence-electron chi connectivity index (χ0n) is 35.3. The first-order valence-electron chi connectivity index (χ1n) is 21.3. The Bertz CT molecular complexity index is 1490. The van der Waals surface area contributed by atoms with E-state index in [1.165, 1.54) is 51.4 Å². The molecule has 2 aliphatic rings. The van der Waals surface area contributed by atoms with E-state index in [2.05, 4.69) is 72.7 Å². The Kier molecular flexibility index (Phi) is 17.3. The molecule has 310 valence electrons. The zero-order valence-corrected chi connectivity index (χ0v) is 36.3. The van der Waals surface area contributed by atoms with Gasteiger partial charge in [0, 0.05) is 10.1 Å². The average Bonchev–Trinajstić information content (AvgIpc) is 3.19. The largest absolute Gasteiger partial charge is 0.494 e. The van der Waals surface area contributed by atoms with Gasteiger partial charge in [-0.3, -0.25) is 0 Å². The van der Waals surface area contributed by atoms with Gasteiger partial charge in [0.1, 0.15) is 42.5 Å². The number of ether oxygens (including phenoxy) is 6. The summed E-state index contributed by atoms with van der Waals surface area (Å²) in [5, 5.41) is -0.412. The van der Waals surface area contributed by atoms with Crippen molar-refractivity contribution in [3.63, 3.8) is 0 Å². The van der Waals surface area contributed by atoms with Crippen LogP contribution in [-0.4, -0.2) is 65.7 Å². The zero-order chi connectivity index (χ0) is 39.9. The van der Waals surface area contributed by atoms with E-state index in [1.54, 1.807) is 0 Å². The Morgan fingerprint density at radius 2 is 1.07 bits per heavy atom. The summed E-state index contributed by atoms with van der Waals surface area (Å²) in [6.45, 7) is 18.2. The van der Waals surface area contributed by atoms with E-state index < -0.39 is 39.3 Å². The van der Waals surface area contributed by atoms with Crippen LogP contribution in [0.15, 0.2) is 84.9 Å². The summed E-state index contributed by atoms with van der Waals surface area (Å²) in [7, 11) is -2.86. The smallest absolute Gasteiger partial charge is 0.349 e. The topological polar surface area (TPSA) is 73.8 Å². The molecule has 2 aliphatic heterocycles. The van der Waals surface area contributed by atoms with Crippen LogP contribution in [0.3, 0.4) is 0 Å². The van der Waals surface area contributed by atoms with E-state index in [0.29, 0.717) is 33.0 Å². The van der Waals surface area contributed by atoms with Gasteiger partial charge in [0.05, 0.1) is 33.0 Å².